The molecular weight excluding hydrogens is 634 g/mol. The van der Waals surface area contributed by atoms with Crippen molar-refractivity contribution in [2.45, 2.75) is 65.8 Å². The van der Waals surface area contributed by atoms with Gasteiger partial charge in [-0.3, -0.25) is 19.1 Å². The Morgan fingerprint density at radius 3 is 2.58 bits per heavy atom. The lowest BCUT2D eigenvalue weighted by Gasteiger charge is -2.46. The quantitative estimate of drug-likeness (QED) is 0.252. The van der Waals surface area contributed by atoms with E-state index in [0.717, 1.165) is 51.4 Å². The van der Waals surface area contributed by atoms with Gasteiger partial charge in [-0.05, 0) is 68.0 Å². The number of aryl methyl sites for hydroxylation is 1. The molecule has 0 radical (unpaired) electrons. The molecule has 7 heterocycles. The van der Waals surface area contributed by atoms with E-state index in [2.05, 4.69) is 51.0 Å². The molecule has 0 unspecified atom stereocenters. The standard InChI is InChI=1S/C37H43N9O4/c1-5-46-35(48)30(40-33-7-6-25(18-39-33)43-11-10-42(19-23(43)2)26-21-50-22-26)15-29(41-46)27-8-9-38-34(28(27)20-47)45-13-12-44-31(36(45)49)14-24-16-37(3,4)17-32(24)44/h6-9,12-15,18,23,26,47H,5,10-11,16-17,19-22H2,1-4H3,(H,39,40)/t23-/m0/s1. The number of pyridine rings is 2. The number of aromatic nitrogens is 6. The molecule has 0 amide bonds. The first-order chi connectivity index (χ1) is 24.1. The lowest BCUT2D eigenvalue weighted by molar-refractivity contribution is -0.0691. The Bertz CT molecular complexity index is 2200. The van der Waals surface area contributed by atoms with Crippen LogP contribution in [0.15, 0.2) is 64.7 Å². The molecule has 260 valence electrons. The maximum absolute atomic E-state index is 13.8. The van der Waals surface area contributed by atoms with Crippen LogP contribution in [-0.2, 0) is 30.7 Å². The van der Waals surface area contributed by atoms with Crippen LogP contribution in [0.2, 0.25) is 0 Å². The normalized spacial score (nSPS) is 19.1. The largest absolute Gasteiger partial charge is 0.392 e. The van der Waals surface area contributed by atoms with E-state index >= 15 is 0 Å². The molecule has 0 bridgehead atoms. The minimum atomic E-state index is -0.387. The van der Waals surface area contributed by atoms with Crippen molar-refractivity contribution in [1.29, 1.82) is 0 Å². The van der Waals surface area contributed by atoms with Gasteiger partial charge in [-0.15, -0.1) is 0 Å². The summed E-state index contributed by atoms with van der Waals surface area (Å²) in [5.74, 6) is 0.849. The van der Waals surface area contributed by atoms with E-state index in [9.17, 15) is 14.7 Å². The van der Waals surface area contributed by atoms with E-state index in [4.69, 9.17) is 4.74 Å². The molecular formula is C37H43N9O4. The van der Waals surface area contributed by atoms with E-state index in [1.165, 1.54) is 20.5 Å². The Balaban J connectivity index is 1.09. The molecule has 8 rings (SSSR count). The van der Waals surface area contributed by atoms with Crippen LogP contribution in [0.3, 0.4) is 0 Å². The number of hydrogen-bond donors (Lipinski definition) is 2. The predicted molar refractivity (Wildman–Crippen MR) is 192 cm³/mol. The van der Waals surface area contributed by atoms with Crippen LogP contribution in [0.25, 0.3) is 22.6 Å². The lowest BCUT2D eigenvalue weighted by atomic mass is 9.90. The molecule has 5 aromatic heterocycles. The van der Waals surface area contributed by atoms with Crippen LogP contribution in [0, 0.1) is 5.41 Å². The topological polar surface area (TPSA) is 135 Å². The second-order valence-electron chi connectivity index (χ2n) is 14.5. The summed E-state index contributed by atoms with van der Waals surface area (Å²) in [6, 6.07) is 10.2. The van der Waals surface area contributed by atoms with E-state index < -0.39 is 0 Å². The number of fused-ring (bicyclic) bond motifs is 3. The fourth-order valence-electron chi connectivity index (χ4n) is 7.79. The van der Waals surface area contributed by atoms with Crippen LogP contribution in [-0.4, -0.2) is 83.7 Å². The van der Waals surface area contributed by atoms with Gasteiger partial charge in [0.25, 0.3) is 11.1 Å². The van der Waals surface area contributed by atoms with Gasteiger partial charge in [0.1, 0.15) is 22.8 Å². The average Bonchev–Trinajstić information content (AvgIpc) is 3.57. The number of piperazine rings is 1. The number of hydrogen-bond acceptors (Lipinski definition) is 10. The van der Waals surface area contributed by atoms with Crippen molar-refractivity contribution in [2.75, 3.05) is 43.1 Å². The molecule has 5 aromatic rings. The molecule has 13 nitrogen and oxygen atoms in total. The van der Waals surface area contributed by atoms with Gasteiger partial charge in [0.05, 0.1) is 43.4 Å². The van der Waals surface area contributed by atoms with E-state index in [1.54, 1.807) is 24.5 Å². The molecule has 2 fully saturated rings. The first-order valence-electron chi connectivity index (χ1n) is 17.4. The van der Waals surface area contributed by atoms with Crippen LogP contribution in [0.5, 0.6) is 0 Å². The van der Waals surface area contributed by atoms with E-state index in [1.807, 2.05) is 41.9 Å². The van der Waals surface area contributed by atoms with E-state index in [-0.39, 0.29) is 23.1 Å². The number of anilines is 3. The zero-order valence-electron chi connectivity index (χ0n) is 29.0. The minimum absolute atomic E-state index is 0.163. The highest BCUT2D eigenvalue weighted by atomic mass is 16.5. The number of rotatable bonds is 8. The van der Waals surface area contributed by atoms with Crippen molar-refractivity contribution >= 4 is 22.7 Å². The van der Waals surface area contributed by atoms with Crippen LogP contribution < -0.4 is 21.3 Å². The number of nitrogens with one attached hydrogen (secondary N) is 1. The smallest absolute Gasteiger partial charge is 0.290 e. The summed E-state index contributed by atoms with van der Waals surface area (Å²) in [5, 5.41) is 18.5. The highest BCUT2D eigenvalue weighted by Crippen LogP contribution is 2.37. The van der Waals surface area contributed by atoms with Crippen molar-refractivity contribution in [3.8, 4) is 17.1 Å². The van der Waals surface area contributed by atoms with E-state index in [0.29, 0.717) is 58.3 Å². The molecule has 2 saturated heterocycles. The number of nitrogens with zero attached hydrogens (tertiary/aromatic N) is 8. The van der Waals surface area contributed by atoms with Gasteiger partial charge >= 0.3 is 0 Å². The minimum Gasteiger partial charge on any atom is -0.392 e. The Morgan fingerprint density at radius 1 is 1.04 bits per heavy atom. The Kier molecular flexibility index (Phi) is 8.08. The van der Waals surface area contributed by atoms with Crippen LogP contribution in [0.4, 0.5) is 17.2 Å². The molecule has 0 aromatic carbocycles. The molecule has 1 aliphatic carbocycles. The lowest BCUT2D eigenvalue weighted by Crippen LogP contribution is -2.59. The first kappa shape index (κ1) is 32.4. The molecule has 2 aliphatic heterocycles. The monoisotopic (exact) mass is 677 g/mol. The third kappa shape index (κ3) is 5.59. The molecule has 2 N–H and O–H groups in total. The van der Waals surface area contributed by atoms with Gasteiger partial charge in [0, 0.05) is 67.6 Å². The second-order valence-corrected chi connectivity index (χ2v) is 14.5. The molecule has 13 heteroatoms. The Labute approximate surface area is 289 Å². The maximum Gasteiger partial charge on any atom is 0.290 e. The van der Waals surface area contributed by atoms with Crippen LogP contribution in [0.1, 0.15) is 44.5 Å². The van der Waals surface area contributed by atoms with Gasteiger partial charge in [0.2, 0.25) is 0 Å². The third-order valence-corrected chi connectivity index (χ3v) is 10.5. The summed E-state index contributed by atoms with van der Waals surface area (Å²) < 4.78 is 10.2. The Morgan fingerprint density at radius 2 is 1.88 bits per heavy atom. The molecule has 1 atom stereocenters. The van der Waals surface area contributed by atoms with Gasteiger partial charge < -0.3 is 24.5 Å². The van der Waals surface area contributed by atoms with Crippen molar-refractivity contribution in [3.63, 3.8) is 0 Å². The summed E-state index contributed by atoms with van der Waals surface area (Å²) in [5.41, 5.74) is 5.38. The van der Waals surface area contributed by atoms with Crippen molar-refractivity contribution < 1.29 is 9.84 Å². The number of ether oxygens (including phenoxy) is 1. The molecule has 0 saturated carbocycles. The highest BCUT2D eigenvalue weighted by Gasteiger charge is 2.33. The average molecular weight is 678 g/mol. The molecule has 50 heavy (non-hydrogen) atoms. The zero-order valence-corrected chi connectivity index (χ0v) is 29.0. The Hall–Kier alpha value is -4.85. The summed E-state index contributed by atoms with van der Waals surface area (Å²) >= 11 is 0. The predicted octanol–water partition coefficient (Wildman–Crippen LogP) is 3.39. The summed E-state index contributed by atoms with van der Waals surface area (Å²) in [6.07, 6.45) is 8.86. The summed E-state index contributed by atoms with van der Waals surface area (Å²) in [7, 11) is 0. The highest BCUT2D eigenvalue weighted by molar-refractivity contribution is 5.71. The molecule has 3 aliphatic rings. The van der Waals surface area contributed by atoms with Crippen molar-refractivity contribution in [3.05, 3.63) is 92.6 Å². The number of aliphatic hydroxyl groups excluding tert-OH is 1. The van der Waals surface area contributed by atoms with Crippen molar-refractivity contribution in [1.82, 2.24) is 33.6 Å². The van der Waals surface area contributed by atoms with Gasteiger partial charge in [0.15, 0.2) is 0 Å². The third-order valence-electron chi connectivity index (χ3n) is 10.5. The number of aliphatic hydroxyl groups is 1. The van der Waals surface area contributed by atoms with Gasteiger partial charge in [-0.25, -0.2) is 14.6 Å². The fraction of sp³-hybridized carbons (Fsp3) is 0.432. The zero-order chi connectivity index (χ0) is 34.7. The SMILES string of the molecule is CCn1nc(-c2ccnc(-n3ccn4c5c(cc4c3=O)CC(C)(C)C5)c2CO)cc(Nc2ccc(N3CCN(C4COC4)C[C@@H]3C)cn2)c1=O. The fourth-order valence-corrected chi connectivity index (χ4v) is 7.79. The van der Waals surface area contributed by atoms with Gasteiger partial charge in [-0.2, -0.15) is 5.10 Å². The van der Waals surface area contributed by atoms with Crippen LogP contribution >= 0.6 is 0 Å². The summed E-state index contributed by atoms with van der Waals surface area (Å²) in [6.45, 7) is 13.0. The molecule has 0 spiro atoms. The first-order valence-corrected chi connectivity index (χ1v) is 17.4. The summed E-state index contributed by atoms with van der Waals surface area (Å²) in [4.78, 5) is 41.4. The van der Waals surface area contributed by atoms with Crippen molar-refractivity contribution in [2.24, 2.45) is 5.41 Å². The van der Waals surface area contributed by atoms with Gasteiger partial charge in [-0.1, -0.05) is 13.8 Å². The maximum atomic E-state index is 13.8. The second kappa shape index (κ2) is 12.5.